The number of nitrogens with two attached hydrogens (primary N) is 1. The van der Waals surface area contributed by atoms with E-state index in [-0.39, 0.29) is 23.7 Å². The van der Waals surface area contributed by atoms with Gasteiger partial charge in [-0.05, 0) is 11.8 Å². The van der Waals surface area contributed by atoms with Crippen LogP contribution in [0, 0.1) is 17.8 Å². The van der Waals surface area contributed by atoms with Gasteiger partial charge >= 0.3 is 0 Å². The molecule has 0 aromatic heterocycles. The predicted octanol–water partition coefficient (Wildman–Crippen LogP) is -0.980. The summed E-state index contributed by atoms with van der Waals surface area (Å²) in [5.41, 5.74) is 9.11. The second-order valence-electron chi connectivity index (χ2n) is 6.71. The highest BCUT2D eigenvalue weighted by molar-refractivity contribution is 5.92. The average molecular weight is 315 g/mol. The first kappa shape index (κ1) is 20.4. The summed E-state index contributed by atoms with van der Waals surface area (Å²) in [6.07, 6.45) is 0. The van der Waals surface area contributed by atoms with Gasteiger partial charge in [0, 0.05) is 5.92 Å². The molecule has 0 aliphatic rings. The van der Waals surface area contributed by atoms with Crippen LogP contribution >= 0.6 is 0 Å². The van der Waals surface area contributed by atoms with Crippen molar-refractivity contribution in [3.63, 3.8) is 0 Å². The van der Waals surface area contributed by atoms with Gasteiger partial charge in [-0.25, -0.2) is 0 Å². The second-order valence-corrected chi connectivity index (χ2v) is 6.71. The van der Waals surface area contributed by atoms with Crippen molar-refractivity contribution in [2.24, 2.45) is 23.5 Å². The van der Waals surface area contributed by atoms with Crippen molar-refractivity contribution in [2.75, 3.05) is 0 Å². The van der Waals surface area contributed by atoms with Gasteiger partial charge in [-0.3, -0.25) is 14.4 Å². The molecule has 0 aromatic carbocycles. The van der Waals surface area contributed by atoms with Crippen LogP contribution in [0.15, 0.2) is 0 Å². The van der Waals surface area contributed by atoms with E-state index in [1.165, 1.54) is 0 Å². The minimum Gasteiger partial charge on any atom is -0.368 e. The molecule has 0 aromatic rings. The smallest absolute Gasteiger partial charge is 0.279 e. The third-order valence-electron chi connectivity index (χ3n) is 3.66. The van der Waals surface area contributed by atoms with Crippen LogP contribution in [0.1, 0.15) is 41.5 Å². The monoisotopic (exact) mass is 315 g/mol. The van der Waals surface area contributed by atoms with Gasteiger partial charge in [0.1, 0.15) is 12.1 Å². The molecule has 0 bridgehead atoms. The van der Waals surface area contributed by atoms with Gasteiger partial charge in [-0.2, -0.15) is 0 Å². The molecule has 0 saturated carbocycles. The molecule has 7 heteroatoms. The zero-order chi connectivity index (χ0) is 17.6. The van der Waals surface area contributed by atoms with E-state index < -0.39 is 29.9 Å². The Labute approximate surface area is 132 Å². The van der Waals surface area contributed by atoms with Crippen LogP contribution in [0.4, 0.5) is 0 Å². The highest BCUT2D eigenvalue weighted by atomic mass is 16.2. The number of carbonyl (C=O) groups is 3. The van der Waals surface area contributed by atoms with Crippen molar-refractivity contribution >= 4 is 17.7 Å². The van der Waals surface area contributed by atoms with Gasteiger partial charge in [0.2, 0.25) is 11.8 Å². The first-order chi connectivity index (χ1) is 9.98. The largest absolute Gasteiger partial charge is 0.368 e. The topological polar surface area (TPSA) is 129 Å². The van der Waals surface area contributed by atoms with Crippen molar-refractivity contribution in [1.29, 1.82) is 0 Å². The van der Waals surface area contributed by atoms with E-state index in [0.29, 0.717) is 0 Å². The van der Waals surface area contributed by atoms with Gasteiger partial charge in [0.05, 0.1) is 0 Å². The lowest BCUT2D eigenvalue weighted by Gasteiger charge is -2.26. The second kappa shape index (κ2) is 8.73. The van der Waals surface area contributed by atoms with Crippen LogP contribution in [0.25, 0.3) is 0 Å². The molecule has 0 aliphatic heterocycles. The Morgan fingerprint density at radius 1 is 0.773 bits per heavy atom. The molecule has 128 valence electrons. The Balaban J connectivity index is 4.99. The van der Waals surface area contributed by atoms with Gasteiger partial charge in [0.25, 0.3) is 5.91 Å². The lowest BCUT2D eigenvalue weighted by Crippen LogP contribution is -2.71. The molecule has 0 aliphatic carbocycles. The third-order valence-corrected chi connectivity index (χ3v) is 3.66. The van der Waals surface area contributed by atoms with E-state index in [1.54, 1.807) is 13.8 Å². The molecule has 3 atom stereocenters. The van der Waals surface area contributed by atoms with Gasteiger partial charge in [-0.15, -0.1) is 0 Å². The fourth-order valence-electron chi connectivity index (χ4n) is 1.91. The molecule has 0 spiro atoms. The average Bonchev–Trinajstić information content (AvgIpc) is 2.39. The minimum absolute atomic E-state index is 0.0740. The van der Waals surface area contributed by atoms with E-state index in [0.717, 1.165) is 0 Å². The third kappa shape index (κ3) is 6.01. The number of carbonyl (C=O) groups excluding carboxylic acids is 3. The SMILES string of the molecule is CC(C)[C@H]([NH3+])C(=O)N[C@H](C(=O)N[C@H](C(N)=O)C(C)C)C(C)C. The normalized spacial score (nSPS) is 15.5. The van der Waals surface area contributed by atoms with Crippen LogP contribution in [-0.4, -0.2) is 35.8 Å². The zero-order valence-corrected chi connectivity index (χ0v) is 14.5. The van der Waals surface area contributed by atoms with Crippen LogP contribution in [0.2, 0.25) is 0 Å². The number of hydrogen-bond donors (Lipinski definition) is 4. The molecule has 7 N–H and O–H groups in total. The van der Waals surface area contributed by atoms with Gasteiger partial charge in [-0.1, -0.05) is 41.5 Å². The number of rotatable bonds is 8. The summed E-state index contributed by atoms with van der Waals surface area (Å²) in [7, 11) is 0. The zero-order valence-electron chi connectivity index (χ0n) is 14.5. The molecule has 0 rings (SSSR count). The molecule has 0 radical (unpaired) electrons. The lowest BCUT2D eigenvalue weighted by atomic mass is 9.98. The van der Waals surface area contributed by atoms with Crippen molar-refractivity contribution in [2.45, 2.75) is 59.7 Å². The van der Waals surface area contributed by atoms with E-state index in [9.17, 15) is 14.4 Å². The molecule has 0 unspecified atom stereocenters. The fraction of sp³-hybridized carbons (Fsp3) is 0.800. The molecule has 3 amide bonds. The Morgan fingerprint density at radius 3 is 1.50 bits per heavy atom. The lowest BCUT2D eigenvalue weighted by molar-refractivity contribution is -0.414. The van der Waals surface area contributed by atoms with Crippen molar-refractivity contribution < 1.29 is 20.1 Å². The van der Waals surface area contributed by atoms with Crippen LogP contribution in [-0.2, 0) is 14.4 Å². The summed E-state index contributed by atoms with van der Waals surface area (Å²) in [5.74, 6) is -1.44. The minimum atomic E-state index is -0.758. The Bertz CT molecular complexity index is 408. The molecule has 0 fully saturated rings. The van der Waals surface area contributed by atoms with Crippen molar-refractivity contribution in [3.05, 3.63) is 0 Å². The predicted molar refractivity (Wildman–Crippen MR) is 84.2 cm³/mol. The van der Waals surface area contributed by atoms with E-state index in [4.69, 9.17) is 5.73 Å². The van der Waals surface area contributed by atoms with Crippen LogP contribution < -0.4 is 22.1 Å². The molecular formula is C15H31N4O3+. The fourth-order valence-corrected chi connectivity index (χ4v) is 1.91. The Morgan fingerprint density at radius 2 is 1.18 bits per heavy atom. The van der Waals surface area contributed by atoms with E-state index >= 15 is 0 Å². The summed E-state index contributed by atoms with van der Waals surface area (Å²) >= 11 is 0. The molecule has 22 heavy (non-hydrogen) atoms. The van der Waals surface area contributed by atoms with E-state index in [1.807, 2.05) is 27.7 Å². The summed E-state index contributed by atoms with van der Waals surface area (Å²) < 4.78 is 0. The summed E-state index contributed by atoms with van der Waals surface area (Å²) in [4.78, 5) is 35.9. The quantitative estimate of drug-likeness (QED) is 0.459. The standard InChI is InChI=1S/C15H30N4O3/c1-7(2)10(16)14(21)19-12(9(5)6)15(22)18-11(8(3)4)13(17)20/h7-12H,16H2,1-6H3,(H2,17,20)(H,18,22)(H,19,21)/p+1/t10-,11-,12-/m0/s1. The molecular weight excluding hydrogens is 284 g/mol. The highest BCUT2D eigenvalue weighted by Crippen LogP contribution is 2.07. The van der Waals surface area contributed by atoms with Gasteiger partial charge in [0.15, 0.2) is 6.04 Å². The summed E-state index contributed by atoms with van der Waals surface area (Å²) in [6.45, 7) is 11.0. The highest BCUT2D eigenvalue weighted by Gasteiger charge is 2.31. The number of amides is 3. The first-order valence-electron chi connectivity index (χ1n) is 7.72. The maximum Gasteiger partial charge on any atom is 0.279 e. The first-order valence-corrected chi connectivity index (χ1v) is 7.72. The van der Waals surface area contributed by atoms with Crippen LogP contribution in [0.5, 0.6) is 0 Å². The maximum absolute atomic E-state index is 12.4. The number of hydrogen-bond acceptors (Lipinski definition) is 3. The number of quaternary nitrogens is 1. The Kier molecular flexibility index (Phi) is 8.08. The van der Waals surface area contributed by atoms with Gasteiger partial charge < -0.3 is 22.1 Å². The molecule has 7 nitrogen and oxygen atoms in total. The molecule has 0 saturated heterocycles. The van der Waals surface area contributed by atoms with Crippen LogP contribution in [0.3, 0.4) is 0 Å². The van der Waals surface area contributed by atoms with E-state index in [2.05, 4.69) is 16.4 Å². The van der Waals surface area contributed by atoms with Crippen molar-refractivity contribution in [1.82, 2.24) is 10.6 Å². The number of nitrogens with one attached hydrogen (secondary N) is 2. The van der Waals surface area contributed by atoms with Crippen molar-refractivity contribution in [3.8, 4) is 0 Å². The number of primary amides is 1. The Hall–Kier alpha value is -1.63. The summed E-state index contributed by atoms with van der Waals surface area (Å²) in [5, 5.41) is 5.34. The summed E-state index contributed by atoms with van der Waals surface area (Å²) in [6, 6.07) is -1.92. The molecule has 0 heterocycles. The maximum atomic E-state index is 12.4.